The van der Waals surface area contributed by atoms with Crippen LogP contribution in [0.4, 0.5) is 0 Å². The minimum absolute atomic E-state index is 0.244. The van der Waals surface area contributed by atoms with Crippen LogP contribution < -0.4 is 0 Å². The van der Waals surface area contributed by atoms with E-state index in [9.17, 15) is 5.11 Å². The second-order valence-corrected chi connectivity index (χ2v) is 5.23. The molecule has 0 saturated carbocycles. The summed E-state index contributed by atoms with van der Waals surface area (Å²) in [6.45, 7) is 2.85. The van der Waals surface area contributed by atoms with Gasteiger partial charge in [0.05, 0.1) is 6.10 Å². The van der Waals surface area contributed by atoms with Crippen LogP contribution in [0.15, 0.2) is 0 Å². The van der Waals surface area contributed by atoms with Gasteiger partial charge in [0.1, 0.15) is 27.2 Å². The van der Waals surface area contributed by atoms with E-state index in [2.05, 4.69) is 0 Å². The van der Waals surface area contributed by atoms with E-state index in [1.54, 1.807) is 0 Å². The summed E-state index contributed by atoms with van der Waals surface area (Å²) in [6.07, 6.45) is 0.411. The molecule has 1 rings (SSSR count). The summed E-state index contributed by atoms with van der Waals surface area (Å²) in [5.74, 6) is 0. The first-order valence-corrected chi connectivity index (χ1v) is 7.14. The Hall–Kier alpha value is 0.425. The van der Waals surface area contributed by atoms with Gasteiger partial charge in [-0.2, -0.15) is 0 Å². The van der Waals surface area contributed by atoms with Gasteiger partial charge >= 0.3 is 7.15 Å². The van der Waals surface area contributed by atoms with Gasteiger partial charge in [-0.25, -0.2) is 0 Å². The maximum Gasteiger partial charge on any atom is 0.521 e. The number of aliphatic hydroxyl groups excluding tert-OH is 1. The van der Waals surface area contributed by atoms with Gasteiger partial charge in [-0.05, 0) is 12.8 Å². The van der Waals surface area contributed by atoms with E-state index >= 15 is 0 Å². The number of hydrogen-bond donors (Lipinski definition) is 1. The SMILES string of the molecule is [B]C1C[C@@H](O)[C@@H](CO[P+](=S)OCCC)O1. The molecule has 1 heterocycles. The molecule has 15 heavy (non-hydrogen) atoms. The maximum atomic E-state index is 9.50. The molecule has 0 amide bonds. The molecule has 1 N–H and O–H groups in total. The summed E-state index contributed by atoms with van der Waals surface area (Å²) in [5, 5.41) is 9.50. The fraction of sp³-hybridized carbons (Fsp3) is 1.00. The molecule has 1 fully saturated rings. The Morgan fingerprint density at radius 2 is 2.33 bits per heavy atom. The van der Waals surface area contributed by atoms with Crippen LogP contribution in [0.5, 0.6) is 0 Å². The van der Waals surface area contributed by atoms with Crippen molar-refractivity contribution < 1.29 is 18.9 Å². The van der Waals surface area contributed by atoms with Gasteiger partial charge in [-0.3, -0.25) is 0 Å². The van der Waals surface area contributed by atoms with Crippen molar-refractivity contribution in [3.63, 3.8) is 0 Å². The molecule has 1 saturated heterocycles. The summed E-state index contributed by atoms with van der Waals surface area (Å²) in [6, 6.07) is -0.401. The number of hydrogen-bond acceptors (Lipinski definition) is 5. The molecule has 7 heteroatoms. The predicted octanol–water partition coefficient (Wildman–Crippen LogP) is 0.848. The van der Waals surface area contributed by atoms with Crippen LogP contribution in [0, 0.1) is 0 Å². The van der Waals surface area contributed by atoms with Gasteiger partial charge in [0.15, 0.2) is 0 Å². The summed E-state index contributed by atoms with van der Waals surface area (Å²) >= 11 is 4.96. The summed E-state index contributed by atoms with van der Waals surface area (Å²) < 4.78 is 15.7. The Kier molecular flexibility index (Phi) is 6.20. The number of aliphatic hydroxyl groups is 1. The van der Waals surface area contributed by atoms with Crippen LogP contribution in [-0.2, 0) is 25.6 Å². The lowest BCUT2D eigenvalue weighted by Crippen LogP contribution is -2.25. The number of ether oxygens (including phenoxy) is 1. The lowest BCUT2D eigenvalue weighted by Gasteiger charge is -2.10. The van der Waals surface area contributed by atoms with E-state index in [1.807, 2.05) is 6.92 Å². The van der Waals surface area contributed by atoms with Crippen LogP contribution in [0.25, 0.3) is 0 Å². The Morgan fingerprint density at radius 3 is 2.87 bits per heavy atom. The molecular weight excluding hydrogens is 234 g/mol. The molecule has 0 aliphatic carbocycles. The highest BCUT2D eigenvalue weighted by Crippen LogP contribution is 2.27. The zero-order valence-corrected chi connectivity index (χ0v) is 10.4. The first-order chi connectivity index (χ1) is 7.13. The molecule has 2 radical (unpaired) electrons. The van der Waals surface area contributed by atoms with E-state index in [1.165, 1.54) is 0 Å². The fourth-order valence-electron chi connectivity index (χ4n) is 1.25. The van der Waals surface area contributed by atoms with Crippen LogP contribution in [0.3, 0.4) is 0 Å². The molecule has 0 aromatic heterocycles. The van der Waals surface area contributed by atoms with Crippen molar-refractivity contribution in [3.05, 3.63) is 0 Å². The van der Waals surface area contributed by atoms with E-state index in [0.717, 1.165) is 6.42 Å². The molecule has 0 spiro atoms. The Morgan fingerprint density at radius 1 is 1.60 bits per heavy atom. The number of rotatable bonds is 6. The van der Waals surface area contributed by atoms with Crippen molar-refractivity contribution in [2.75, 3.05) is 13.2 Å². The monoisotopic (exact) mass is 249 g/mol. The average Bonchev–Trinajstić information content (AvgIpc) is 2.51. The minimum Gasteiger partial charge on any atom is -0.390 e. The summed E-state index contributed by atoms with van der Waals surface area (Å²) in [7, 11) is 4.23. The van der Waals surface area contributed by atoms with Gasteiger partial charge in [0.25, 0.3) is 0 Å². The summed E-state index contributed by atoms with van der Waals surface area (Å²) in [4.78, 5) is 0. The van der Waals surface area contributed by atoms with Crippen LogP contribution in [-0.4, -0.2) is 44.4 Å². The van der Waals surface area contributed by atoms with E-state index in [-0.39, 0.29) is 12.7 Å². The van der Waals surface area contributed by atoms with E-state index in [4.69, 9.17) is 33.4 Å². The van der Waals surface area contributed by atoms with Crippen LogP contribution >= 0.6 is 7.15 Å². The Labute approximate surface area is 97.3 Å². The molecular formula is C8H15BO4PS+. The zero-order valence-electron chi connectivity index (χ0n) is 8.67. The van der Waals surface area contributed by atoms with Gasteiger partial charge < -0.3 is 9.84 Å². The average molecular weight is 249 g/mol. The van der Waals surface area contributed by atoms with Gasteiger partial charge in [-0.15, -0.1) is 9.05 Å². The van der Waals surface area contributed by atoms with Gasteiger partial charge in [0, 0.05) is 6.00 Å². The highest BCUT2D eigenvalue weighted by Gasteiger charge is 2.33. The maximum absolute atomic E-state index is 9.50. The lowest BCUT2D eigenvalue weighted by atomic mass is 9.96. The molecule has 0 aromatic rings. The third kappa shape index (κ3) is 4.85. The Bertz CT molecular complexity index is 219. The summed E-state index contributed by atoms with van der Waals surface area (Å²) in [5.41, 5.74) is 0. The predicted molar refractivity (Wildman–Crippen MR) is 61.5 cm³/mol. The largest absolute Gasteiger partial charge is 0.521 e. The molecule has 1 aliphatic heterocycles. The molecule has 84 valence electrons. The second kappa shape index (κ2) is 6.89. The molecule has 4 nitrogen and oxygen atoms in total. The highest BCUT2D eigenvalue weighted by molar-refractivity contribution is 8.00. The fourth-order valence-corrected chi connectivity index (χ4v) is 2.33. The Balaban J connectivity index is 2.16. The molecule has 2 unspecified atom stereocenters. The van der Waals surface area contributed by atoms with Crippen LogP contribution in [0.2, 0.25) is 0 Å². The quantitative estimate of drug-likeness (QED) is 0.558. The standard InChI is InChI=1S/C8H15BO4PS/c1-2-3-11-14(15)12-5-7-6(10)4-8(9)13-7/h6-8,10H,2-5H2,1H3/q+1/t6-,7-,8?/m1/s1. The van der Waals surface area contributed by atoms with Crippen molar-refractivity contribution in [2.24, 2.45) is 0 Å². The van der Waals surface area contributed by atoms with Crippen molar-refractivity contribution in [1.29, 1.82) is 0 Å². The topological polar surface area (TPSA) is 47.9 Å². The molecule has 0 bridgehead atoms. The van der Waals surface area contributed by atoms with E-state index in [0.29, 0.717) is 13.0 Å². The normalized spacial score (nSPS) is 31.9. The van der Waals surface area contributed by atoms with Gasteiger partial charge in [0.2, 0.25) is 11.8 Å². The lowest BCUT2D eigenvalue weighted by molar-refractivity contribution is 0.00311. The zero-order chi connectivity index (χ0) is 11.3. The van der Waals surface area contributed by atoms with Gasteiger partial charge in [-0.1, -0.05) is 6.92 Å². The molecule has 4 atom stereocenters. The third-order valence-corrected chi connectivity index (χ3v) is 3.38. The second-order valence-electron chi connectivity index (χ2n) is 3.37. The first kappa shape index (κ1) is 13.5. The third-order valence-electron chi connectivity index (χ3n) is 2.00. The minimum atomic E-state index is -1.28. The molecule has 0 aromatic carbocycles. The first-order valence-electron chi connectivity index (χ1n) is 4.95. The molecule has 1 aliphatic rings. The van der Waals surface area contributed by atoms with E-state index < -0.39 is 19.3 Å². The van der Waals surface area contributed by atoms with Crippen molar-refractivity contribution >= 4 is 26.8 Å². The van der Waals surface area contributed by atoms with Crippen LogP contribution in [0.1, 0.15) is 19.8 Å². The highest BCUT2D eigenvalue weighted by atomic mass is 32.4. The smallest absolute Gasteiger partial charge is 0.390 e. The van der Waals surface area contributed by atoms with Crippen molar-refractivity contribution in [3.8, 4) is 0 Å². The van der Waals surface area contributed by atoms with Crippen molar-refractivity contribution in [2.45, 2.75) is 38.0 Å². The van der Waals surface area contributed by atoms with Crippen molar-refractivity contribution in [1.82, 2.24) is 0 Å².